The third kappa shape index (κ3) is 6.99. The molecule has 6 aromatic rings. The van der Waals surface area contributed by atoms with Gasteiger partial charge >= 0.3 is 11.9 Å². The van der Waals surface area contributed by atoms with Crippen LogP contribution in [0.3, 0.4) is 0 Å². The summed E-state index contributed by atoms with van der Waals surface area (Å²) in [6.45, 7) is -1.63. The van der Waals surface area contributed by atoms with Crippen LogP contribution in [-0.2, 0) is 19.5 Å². The van der Waals surface area contributed by atoms with Crippen molar-refractivity contribution < 1.29 is 41.1 Å². The monoisotopic (exact) mass is 699 g/mol. The van der Waals surface area contributed by atoms with Gasteiger partial charge in [0.25, 0.3) is 5.56 Å². The number of fused-ring (bicyclic) bond motifs is 1. The molecular formula is C33H24F5N4O6S-. The second kappa shape index (κ2) is 13.5. The summed E-state index contributed by atoms with van der Waals surface area (Å²) in [4.78, 5) is 43.3. The lowest BCUT2D eigenvalue weighted by Crippen LogP contribution is -2.41. The van der Waals surface area contributed by atoms with Crippen LogP contribution in [0.25, 0.3) is 32.7 Å². The molecule has 254 valence electrons. The maximum atomic E-state index is 15.7. The Morgan fingerprint density at radius 3 is 2.22 bits per heavy atom. The first-order valence-corrected chi connectivity index (χ1v) is 14.7. The van der Waals surface area contributed by atoms with Crippen LogP contribution >= 0.6 is 11.3 Å². The summed E-state index contributed by atoms with van der Waals surface area (Å²) in [5.41, 5.74) is -2.24. The van der Waals surface area contributed by atoms with Gasteiger partial charge in [0.1, 0.15) is 22.2 Å². The highest BCUT2D eigenvalue weighted by Crippen LogP contribution is 2.34. The predicted octanol–water partition coefficient (Wildman–Crippen LogP) is 5.97. The number of carbonyl (C=O) groups excluding carboxylic acids is 1. The number of carbonyl (C=O) groups is 1. The van der Waals surface area contributed by atoms with Gasteiger partial charge in [-0.2, -0.15) is 18.3 Å². The smallest absolute Gasteiger partial charge is 0.393 e. The topological polar surface area (TPSA) is 132 Å². The molecule has 0 bridgehead atoms. The van der Waals surface area contributed by atoms with Crippen LogP contribution < -0.4 is 21.1 Å². The van der Waals surface area contributed by atoms with Crippen LogP contribution in [0.4, 0.5) is 22.0 Å². The third-order valence-corrected chi connectivity index (χ3v) is 8.54. The highest BCUT2D eigenvalue weighted by atomic mass is 32.1. The van der Waals surface area contributed by atoms with Crippen molar-refractivity contribution in [1.82, 2.24) is 19.3 Å². The number of hydrogen-bond acceptors (Lipinski definition) is 9. The lowest BCUT2D eigenvalue weighted by molar-refractivity contribution is -0.303. The Bertz CT molecular complexity index is 2290. The first-order valence-electron chi connectivity index (χ1n) is 13.9. The van der Waals surface area contributed by atoms with Crippen LogP contribution in [0, 0.1) is 11.6 Å². The van der Waals surface area contributed by atoms with E-state index in [1.807, 2.05) is 0 Å². The molecule has 3 heterocycles. The number of thiophene rings is 1. The second-order valence-corrected chi connectivity index (χ2v) is 11.6. The zero-order valence-electron chi connectivity index (χ0n) is 24.5. The number of nitrogens with zero attached hydrogens (tertiary/aromatic N) is 4. The van der Waals surface area contributed by atoms with Crippen LogP contribution in [0.2, 0.25) is 0 Å². The highest BCUT2D eigenvalue weighted by Gasteiger charge is 2.30. The Labute approximate surface area is 277 Å². The van der Waals surface area contributed by atoms with E-state index >= 15 is 8.78 Å². The standard InChI is InChI=1S/C32H21F5N4O6S.CH4/c1-46-18-8-6-16(7-9-18)26(42)15-40-28(43)22-12-19(13-32(35,36)37)48-29(22)41(31(40)45)14-23-24(33)10-17(11-25(23)34)20-4-2-3-5-21(20)27-38-30(44)47-39-27;/h2-12H,13-15H2,1H3,(H,38,39,44);1H4/p-1. The maximum absolute atomic E-state index is 15.7. The molecule has 0 saturated carbocycles. The summed E-state index contributed by atoms with van der Waals surface area (Å²) < 4.78 is 82.1. The first-order chi connectivity index (χ1) is 22.8. The summed E-state index contributed by atoms with van der Waals surface area (Å²) in [6.07, 6.45) is -7.05. The third-order valence-electron chi connectivity index (χ3n) is 7.38. The van der Waals surface area contributed by atoms with E-state index in [0.29, 0.717) is 21.7 Å². The molecule has 10 nitrogen and oxygen atoms in total. The van der Waals surface area contributed by atoms with Crippen LogP contribution in [-0.4, -0.2) is 38.3 Å². The first kappa shape index (κ1) is 34.7. The van der Waals surface area contributed by atoms with Crippen molar-refractivity contribution >= 4 is 27.3 Å². The van der Waals surface area contributed by atoms with Gasteiger partial charge in [-0.1, -0.05) is 31.7 Å². The lowest BCUT2D eigenvalue weighted by Gasteiger charge is -2.14. The minimum Gasteiger partial charge on any atom is -0.528 e. The number of hydrogen-bond donors (Lipinski definition) is 0. The molecule has 0 radical (unpaired) electrons. The zero-order chi connectivity index (χ0) is 34.3. The van der Waals surface area contributed by atoms with Crippen molar-refractivity contribution in [1.29, 1.82) is 0 Å². The van der Waals surface area contributed by atoms with E-state index in [9.17, 15) is 32.7 Å². The van der Waals surface area contributed by atoms with E-state index in [2.05, 4.69) is 14.7 Å². The molecule has 0 unspecified atom stereocenters. The summed E-state index contributed by atoms with van der Waals surface area (Å²) in [5, 5.41) is 14.7. The highest BCUT2D eigenvalue weighted by molar-refractivity contribution is 7.18. The number of Topliss-reactive ketones (excluding diaryl/α,β-unsaturated/α-hetero) is 1. The van der Waals surface area contributed by atoms with E-state index in [4.69, 9.17) is 4.74 Å². The van der Waals surface area contributed by atoms with Crippen molar-refractivity contribution in [3.63, 3.8) is 0 Å². The summed E-state index contributed by atoms with van der Waals surface area (Å²) >= 11 is 0.477. The molecule has 0 aliphatic heterocycles. The predicted molar refractivity (Wildman–Crippen MR) is 168 cm³/mol. The number of rotatable bonds is 9. The molecule has 0 aliphatic carbocycles. The minimum absolute atomic E-state index is 0. The molecule has 0 fully saturated rings. The Balaban J connectivity index is 0.00000468. The molecule has 0 saturated heterocycles. The van der Waals surface area contributed by atoms with E-state index < -0.39 is 66.0 Å². The van der Waals surface area contributed by atoms with Crippen molar-refractivity contribution in [2.45, 2.75) is 33.1 Å². The lowest BCUT2D eigenvalue weighted by atomic mass is 9.97. The van der Waals surface area contributed by atoms with Crippen LogP contribution in [0.5, 0.6) is 11.8 Å². The van der Waals surface area contributed by atoms with Gasteiger partial charge in [0.2, 0.25) is 0 Å². The number of methoxy groups -OCH3 is 1. The quantitative estimate of drug-likeness (QED) is 0.133. The van der Waals surface area contributed by atoms with Crippen molar-refractivity contribution in [2.24, 2.45) is 0 Å². The van der Waals surface area contributed by atoms with E-state index in [1.165, 1.54) is 43.5 Å². The molecule has 49 heavy (non-hydrogen) atoms. The minimum atomic E-state index is -4.66. The van der Waals surface area contributed by atoms with Crippen LogP contribution in [0.15, 0.2) is 80.8 Å². The van der Waals surface area contributed by atoms with Gasteiger partial charge in [-0.25, -0.2) is 18.6 Å². The number of benzene rings is 3. The van der Waals surface area contributed by atoms with Gasteiger partial charge < -0.3 is 14.4 Å². The summed E-state index contributed by atoms with van der Waals surface area (Å²) in [6, 6.07) is 14.8. The van der Waals surface area contributed by atoms with E-state index in [0.717, 1.165) is 22.8 Å². The number of aromatic nitrogens is 4. The summed E-state index contributed by atoms with van der Waals surface area (Å²) in [7, 11) is 1.42. The average molecular weight is 700 g/mol. The molecule has 0 N–H and O–H groups in total. The molecule has 0 amide bonds. The van der Waals surface area contributed by atoms with Gasteiger partial charge in [-0.3, -0.25) is 18.7 Å². The molecule has 3 aromatic carbocycles. The number of ether oxygens (including phenoxy) is 1. The van der Waals surface area contributed by atoms with Crippen molar-refractivity contribution in [3.8, 4) is 34.3 Å². The molecule has 0 atom stereocenters. The fourth-order valence-electron chi connectivity index (χ4n) is 5.14. The molecule has 16 heteroatoms. The molecular weight excluding hydrogens is 675 g/mol. The van der Waals surface area contributed by atoms with Crippen LogP contribution in [0.1, 0.15) is 28.2 Å². The molecule has 0 aliphatic rings. The maximum Gasteiger partial charge on any atom is 0.393 e. The molecule has 0 spiro atoms. The Hall–Kier alpha value is -5.64. The Morgan fingerprint density at radius 2 is 1.63 bits per heavy atom. The number of ketones is 1. The van der Waals surface area contributed by atoms with Gasteiger partial charge in [-0.05, 0) is 53.6 Å². The van der Waals surface area contributed by atoms with Gasteiger partial charge in [0, 0.05) is 21.6 Å². The number of alkyl halides is 3. The fourth-order valence-corrected chi connectivity index (χ4v) is 6.31. The zero-order valence-corrected chi connectivity index (χ0v) is 25.3. The SMILES string of the molecule is C.COc1ccc(C(=O)Cn2c(=O)c3cc(CC(F)(F)F)sc3n(Cc3c(F)cc(-c4ccccc4-c4noc([O-])n4)cc3F)c2=O)cc1. The Kier molecular flexibility index (Phi) is 9.53. The Morgan fingerprint density at radius 1 is 0.980 bits per heavy atom. The van der Waals surface area contributed by atoms with Gasteiger partial charge in [0.15, 0.2) is 17.7 Å². The largest absolute Gasteiger partial charge is 0.528 e. The summed E-state index contributed by atoms with van der Waals surface area (Å²) in [5.74, 6) is -2.62. The van der Waals surface area contributed by atoms with E-state index in [-0.39, 0.29) is 50.6 Å². The molecule has 3 aromatic heterocycles. The van der Waals surface area contributed by atoms with Gasteiger partial charge in [0.05, 0.1) is 32.0 Å². The van der Waals surface area contributed by atoms with E-state index in [1.54, 1.807) is 12.1 Å². The second-order valence-electron chi connectivity index (χ2n) is 10.5. The van der Waals surface area contributed by atoms with Crippen molar-refractivity contribution in [3.05, 3.63) is 115 Å². The average Bonchev–Trinajstić information content (AvgIpc) is 3.67. The van der Waals surface area contributed by atoms with Crippen molar-refractivity contribution in [2.75, 3.05) is 7.11 Å². The number of halogens is 5. The normalized spacial score (nSPS) is 11.5. The molecule has 6 rings (SSSR count). The fraction of sp³-hybridized carbons (Fsp3) is 0.182. The van der Waals surface area contributed by atoms with Gasteiger partial charge in [-0.15, -0.1) is 11.3 Å².